The SMILES string of the molecule is COc1ccc(-c2nn(-c3ccccc3C)cc2CN(C)CCn2ccnc2)cc1F. The summed E-state index contributed by atoms with van der Waals surface area (Å²) in [5, 5.41) is 4.84. The standard InChI is InChI=1S/C24H26FN5O/c1-18-6-4-5-7-22(18)30-16-20(15-28(2)12-13-29-11-10-26-17-29)24(27-30)19-8-9-23(31-3)21(25)14-19/h4-11,14,16-17H,12-13,15H2,1-3H3. The molecule has 0 N–H and O–H groups in total. The van der Waals surface area contributed by atoms with E-state index in [0.29, 0.717) is 6.54 Å². The van der Waals surface area contributed by atoms with Crippen LogP contribution in [0.2, 0.25) is 0 Å². The van der Waals surface area contributed by atoms with Crippen LogP contribution in [0.5, 0.6) is 5.75 Å². The van der Waals surface area contributed by atoms with Crippen molar-refractivity contribution in [2.24, 2.45) is 0 Å². The molecule has 4 rings (SSSR count). The van der Waals surface area contributed by atoms with E-state index in [4.69, 9.17) is 9.84 Å². The fourth-order valence-corrected chi connectivity index (χ4v) is 3.60. The molecule has 0 saturated carbocycles. The zero-order valence-electron chi connectivity index (χ0n) is 18.0. The van der Waals surface area contributed by atoms with E-state index >= 15 is 0 Å². The molecule has 160 valence electrons. The van der Waals surface area contributed by atoms with E-state index in [-0.39, 0.29) is 5.75 Å². The highest BCUT2D eigenvalue weighted by atomic mass is 19.1. The summed E-state index contributed by atoms with van der Waals surface area (Å²) in [6, 6.07) is 13.1. The molecule has 0 saturated heterocycles. The Hall–Kier alpha value is -3.45. The average Bonchev–Trinajstić information content (AvgIpc) is 3.43. The first-order valence-electron chi connectivity index (χ1n) is 10.2. The third-order valence-corrected chi connectivity index (χ3v) is 5.32. The lowest BCUT2D eigenvalue weighted by atomic mass is 10.1. The number of para-hydroxylation sites is 1. The van der Waals surface area contributed by atoms with Gasteiger partial charge >= 0.3 is 0 Å². The number of hydrogen-bond donors (Lipinski definition) is 0. The fraction of sp³-hybridized carbons (Fsp3) is 0.250. The third-order valence-electron chi connectivity index (χ3n) is 5.32. The Kier molecular flexibility index (Phi) is 6.13. The molecular weight excluding hydrogens is 393 g/mol. The molecular formula is C24H26FN5O. The molecule has 0 spiro atoms. The summed E-state index contributed by atoms with van der Waals surface area (Å²) >= 11 is 0. The van der Waals surface area contributed by atoms with Crippen LogP contribution in [-0.4, -0.2) is 44.9 Å². The molecule has 0 atom stereocenters. The molecule has 0 aliphatic rings. The van der Waals surface area contributed by atoms with Crippen molar-refractivity contribution in [3.8, 4) is 22.7 Å². The molecule has 0 unspecified atom stereocenters. The molecule has 0 bridgehead atoms. The van der Waals surface area contributed by atoms with Gasteiger partial charge < -0.3 is 14.2 Å². The lowest BCUT2D eigenvalue weighted by molar-refractivity contribution is 0.312. The van der Waals surface area contributed by atoms with Crippen LogP contribution in [0.15, 0.2) is 67.4 Å². The summed E-state index contributed by atoms with van der Waals surface area (Å²) in [5.41, 5.74) is 4.64. The van der Waals surface area contributed by atoms with Crippen molar-refractivity contribution in [2.45, 2.75) is 20.0 Å². The number of aryl methyl sites for hydroxylation is 1. The first kappa shape index (κ1) is 20.8. The van der Waals surface area contributed by atoms with Gasteiger partial charge in [0.2, 0.25) is 0 Å². The Morgan fingerprint density at radius 2 is 2.00 bits per heavy atom. The lowest BCUT2D eigenvalue weighted by Crippen LogP contribution is -2.22. The first-order valence-corrected chi connectivity index (χ1v) is 10.2. The van der Waals surface area contributed by atoms with Crippen LogP contribution in [-0.2, 0) is 13.1 Å². The fourth-order valence-electron chi connectivity index (χ4n) is 3.60. The molecule has 0 fully saturated rings. The number of halogens is 1. The van der Waals surface area contributed by atoms with E-state index in [1.165, 1.54) is 13.2 Å². The van der Waals surface area contributed by atoms with Gasteiger partial charge in [-0.25, -0.2) is 14.1 Å². The number of ether oxygens (including phenoxy) is 1. The van der Waals surface area contributed by atoms with Gasteiger partial charge in [0.05, 0.1) is 24.8 Å². The Morgan fingerprint density at radius 3 is 2.71 bits per heavy atom. The zero-order valence-corrected chi connectivity index (χ0v) is 18.0. The zero-order chi connectivity index (χ0) is 21.8. The minimum atomic E-state index is -0.398. The Morgan fingerprint density at radius 1 is 1.16 bits per heavy atom. The second-order valence-electron chi connectivity index (χ2n) is 7.62. The summed E-state index contributed by atoms with van der Waals surface area (Å²) in [6.07, 6.45) is 7.58. The molecule has 0 aliphatic carbocycles. The molecule has 2 heterocycles. The van der Waals surface area contributed by atoms with E-state index in [0.717, 1.165) is 41.2 Å². The minimum Gasteiger partial charge on any atom is -0.494 e. The predicted molar refractivity (Wildman–Crippen MR) is 119 cm³/mol. The van der Waals surface area contributed by atoms with Crippen LogP contribution in [0.3, 0.4) is 0 Å². The largest absolute Gasteiger partial charge is 0.494 e. The lowest BCUT2D eigenvalue weighted by Gasteiger charge is -2.16. The summed E-state index contributed by atoms with van der Waals surface area (Å²) in [7, 11) is 3.53. The normalized spacial score (nSPS) is 11.3. The Balaban J connectivity index is 1.66. The average molecular weight is 420 g/mol. The van der Waals surface area contributed by atoms with Gasteiger partial charge in [0, 0.05) is 49.4 Å². The van der Waals surface area contributed by atoms with Crippen molar-refractivity contribution in [3.63, 3.8) is 0 Å². The van der Waals surface area contributed by atoms with Crippen molar-refractivity contribution in [1.29, 1.82) is 0 Å². The van der Waals surface area contributed by atoms with Gasteiger partial charge in [0.25, 0.3) is 0 Å². The predicted octanol–water partition coefficient (Wildman–Crippen LogP) is 4.32. The number of imidazole rings is 1. The molecule has 2 aromatic heterocycles. The van der Waals surface area contributed by atoms with E-state index in [2.05, 4.69) is 29.9 Å². The molecule has 0 radical (unpaired) electrons. The molecule has 31 heavy (non-hydrogen) atoms. The second-order valence-corrected chi connectivity index (χ2v) is 7.62. The molecule has 0 amide bonds. The number of hydrogen-bond acceptors (Lipinski definition) is 4. The summed E-state index contributed by atoms with van der Waals surface area (Å²) in [6.45, 7) is 4.43. The quantitative estimate of drug-likeness (QED) is 0.427. The van der Waals surface area contributed by atoms with E-state index in [1.54, 1.807) is 12.3 Å². The van der Waals surface area contributed by atoms with Crippen LogP contribution in [0, 0.1) is 12.7 Å². The van der Waals surface area contributed by atoms with Gasteiger partial charge in [0.1, 0.15) is 0 Å². The van der Waals surface area contributed by atoms with Crippen LogP contribution in [0.4, 0.5) is 4.39 Å². The molecule has 0 aliphatic heterocycles. The number of aromatic nitrogens is 4. The van der Waals surface area contributed by atoms with Crippen molar-refractivity contribution in [3.05, 3.63) is 84.3 Å². The van der Waals surface area contributed by atoms with E-state index in [1.807, 2.05) is 52.2 Å². The maximum atomic E-state index is 14.4. The van der Waals surface area contributed by atoms with E-state index in [9.17, 15) is 4.39 Å². The number of benzene rings is 2. The second kappa shape index (κ2) is 9.14. The molecule has 4 aromatic rings. The van der Waals surface area contributed by atoms with Crippen molar-refractivity contribution in [2.75, 3.05) is 20.7 Å². The monoisotopic (exact) mass is 419 g/mol. The Labute approximate surface area is 181 Å². The number of nitrogens with zero attached hydrogens (tertiary/aromatic N) is 5. The maximum absolute atomic E-state index is 14.4. The third kappa shape index (κ3) is 4.67. The van der Waals surface area contributed by atoms with Crippen LogP contribution >= 0.6 is 0 Å². The number of likely N-dealkylation sites (N-methyl/N-ethyl adjacent to an activating group) is 1. The van der Waals surface area contributed by atoms with Gasteiger partial charge in [0.15, 0.2) is 11.6 Å². The van der Waals surface area contributed by atoms with Crippen molar-refractivity contribution in [1.82, 2.24) is 24.2 Å². The summed E-state index contributed by atoms with van der Waals surface area (Å²) in [4.78, 5) is 6.32. The maximum Gasteiger partial charge on any atom is 0.165 e. The molecule has 2 aromatic carbocycles. The van der Waals surface area contributed by atoms with E-state index < -0.39 is 5.82 Å². The van der Waals surface area contributed by atoms with Gasteiger partial charge in [-0.3, -0.25) is 0 Å². The first-order chi connectivity index (χ1) is 15.0. The van der Waals surface area contributed by atoms with Crippen molar-refractivity contribution < 1.29 is 9.13 Å². The molecule has 6 nitrogen and oxygen atoms in total. The highest BCUT2D eigenvalue weighted by molar-refractivity contribution is 5.64. The Bertz CT molecular complexity index is 1150. The van der Waals surface area contributed by atoms with Crippen LogP contribution < -0.4 is 4.74 Å². The van der Waals surface area contributed by atoms with Gasteiger partial charge in [-0.15, -0.1) is 0 Å². The van der Waals surface area contributed by atoms with Crippen LogP contribution in [0.1, 0.15) is 11.1 Å². The van der Waals surface area contributed by atoms with Gasteiger partial charge in [-0.1, -0.05) is 18.2 Å². The topological polar surface area (TPSA) is 48.1 Å². The van der Waals surface area contributed by atoms with Crippen molar-refractivity contribution >= 4 is 0 Å². The number of methoxy groups -OCH3 is 1. The smallest absolute Gasteiger partial charge is 0.165 e. The minimum absolute atomic E-state index is 0.223. The summed E-state index contributed by atoms with van der Waals surface area (Å²) < 4.78 is 23.4. The van der Waals surface area contributed by atoms with Gasteiger partial charge in [-0.05, 0) is 43.8 Å². The molecule has 7 heteroatoms. The summed E-state index contributed by atoms with van der Waals surface area (Å²) in [5.74, 6) is -0.175. The highest BCUT2D eigenvalue weighted by Gasteiger charge is 2.16. The number of rotatable bonds is 8. The highest BCUT2D eigenvalue weighted by Crippen LogP contribution is 2.29. The van der Waals surface area contributed by atoms with Crippen LogP contribution in [0.25, 0.3) is 16.9 Å². The van der Waals surface area contributed by atoms with Gasteiger partial charge in [-0.2, -0.15) is 5.10 Å².